The molecule has 0 bridgehead atoms. The van der Waals surface area contributed by atoms with Crippen molar-refractivity contribution >= 4 is 46.7 Å². The van der Waals surface area contributed by atoms with Crippen molar-refractivity contribution in [3.8, 4) is 0 Å². The molecule has 0 atom stereocenters. The monoisotopic (exact) mass is 496 g/mol. The van der Waals surface area contributed by atoms with Gasteiger partial charge in [0, 0.05) is 4.88 Å². The van der Waals surface area contributed by atoms with E-state index in [1.54, 1.807) is 6.92 Å². The summed E-state index contributed by atoms with van der Waals surface area (Å²) in [5.74, 6) is -1.10. The summed E-state index contributed by atoms with van der Waals surface area (Å²) < 4.78 is 44.7. The Morgan fingerprint density at radius 1 is 1.18 bits per heavy atom. The number of halogens is 3. The molecule has 3 aromatic rings. The van der Waals surface area contributed by atoms with E-state index >= 15 is 0 Å². The van der Waals surface area contributed by atoms with Crippen LogP contribution in [0.25, 0.3) is 12.2 Å². The van der Waals surface area contributed by atoms with Gasteiger partial charge >= 0.3 is 12.1 Å². The average molecular weight is 497 g/mol. The number of amides is 1. The van der Waals surface area contributed by atoms with Crippen molar-refractivity contribution in [1.29, 1.82) is 0 Å². The van der Waals surface area contributed by atoms with Crippen LogP contribution >= 0.6 is 22.7 Å². The summed E-state index contributed by atoms with van der Waals surface area (Å²) in [7, 11) is 0. The van der Waals surface area contributed by atoms with Crippen molar-refractivity contribution in [3.63, 3.8) is 0 Å². The van der Waals surface area contributed by atoms with Crippen LogP contribution in [0.1, 0.15) is 22.9 Å². The lowest BCUT2D eigenvalue weighted by atomic mass is 10.1. The molecule has 0 fully saturated rings. The molecular formula is C22H19F3N2O4S2. The predicted molar refractivity (Wildman–Crippen MR) is 120 cm³/mol. The molecule has 1 N–H and O–H groups in total. The summed E-state index contributed by atoms with van der Waals surface area (Å²) in [5, 5.41) is 4.59. The quantitative estimate of drug-likeness (QED) is 0.510. The van der Waals surface area contributed by atoms with Crippen molar-refractivity contribution in [2.24, 2.45) is 0 Å². The van der Waals surface area contributed by atoms with Crippen LogP contribution in [-0.2, 0) is 33.6 Å². The van der Waals surface area contributed by atoms with Crippen LogP contribution in [0, 0.1) is 0 Å². The number of benzene rings is 1. The third kappa shape index (κ3) is 6.65. The lowest BCUT2D eigenvalue weighted by molar-refractivity contribution is -0.137. The van der Waals surface area contributed by atoms with E-state index in [0.717, 1.165) is 39.0 Å². The van der Waals surface area contributed by atoms with Crippen molar-refractivity contribution in [3.05, 3.63) is 77.3 Å². The summed E-state index contributed by atoms with van der Waals surface area (Å²) in [6.07, 6.45) is -1.94. The van der Waals surface area contributed by atoms with E-state index < -0.39 is 29.2 Å². The van der Waals surface area contributed by atoms with Gasteiger partial charge in [0.05, 0.1) is 29.3 Å². The highest BCUT2D eigenvalue weighted by Crippen LogP contribution is 2.29. The van der Waals surface area contributed by atoms with Gasteiger partial charge in [0.15, 0.2) is 0 Å². The zero-order chi connectivity index (χ0) is 24.0. The number of alkyl halides is 3. The number of aromatic nitrogens is 1. The third-order valence-corrected chi connectivity index (χ3v) is 6.28. The van der Waals surface area contributed by atoms with Crippen molar-refractivity contribution in [1.82, 2.24) is 9.88 Å². The Morgan fingerprint density at radius 3 is 2.52 bits per heavy atom. The van der Waals surface area contributed by atoms with Gasteiger partial charge < -0.3 is 10.1 Å². The van der Waals surface area contributed by atoms with Crippen LogP contribution in [0.2, 0.25) is 0 Å². The topological polar surface area (TPSA) is 77.4 Å². The van der Waals surface area contributed by atoms with E-state index in [1.807, 2.05) is 17.5 Å². The molecular weight excluding hydrogens is 477 g/mol. The van der Waals surface area contributed by atoms with E-state index in [-0.39, 0.29) is 22.3 Å². The van der Waals surface area contributed by atoms with Gasteiger partial charge in [-0.1, -0.05) is 18.2 Å². The van der Waals surface area contributed by atoms with Crippen molar-refractivity contribution < 1.29 is 27.5 Å². The molecule has 0 spiro atoms. The fraction of sp³-hybridized carbons (Fsp3) is 0.227. The van der Waals surface area contributed by atoms with Crippen LogP contribution in [-0.4, -0.2) is 23.1 Å². The van der Waals surface area contributed by atoms with E-state index in [0.29, 0.717) is 12.1 Å². The lowest BCUT2D eigenvalue weighted by Crippen LogP contribution is -2.38. The predicted octanol–water partition coefficient (Wildman–Crippen LogP) is 2.48. The molecule has 1 amide bonds. The first-order valence-corrected chi connectivity index (χ1v) is 11.4. The van der Waals surface area contributed by atoms with E-state index in [2.05, 4.69) is 5.32 Å². The zero-order valence-corrected chi connectivity index (χ0v) is 19.0. The number of hydrogen-bond donors (Lipinski definition) is 1. The smallest absolute Gasteiger partial charge is 0.416 e. The summed E-state index contributed by atoms with van der Waals surface area (Å²) in [6, 6.07) is 8.04. The van der Waals surface area contributed by atoms with Crippen LogP contribution in [0.5, 0.6) is 0 Å². The number of carbonyl (C=O) groups is 2. The largest absolute Gasteiger partial charge is 0.463 e. The molecule has 0 unspecified atom stereocenters. The zero-order valence-electron chi connectivity index (χ0n) is 17.3. The highest BCUT2D eigenvalue weighted by molar-refractivity contribution is 7.09. The number of thiophene rings is 1. The molecule has 0 saturated heterocycles. The van der Waals surface area contributed by atoms with Gasteiger partial charge in [0.1, 0.15) is 11.2 Å². The maximum atomic E-state index is 12.9. The minimum atomic E-state index is -4.47. The molecule has 33 heavy (non-hydrogen) atoms. The molecule has 0 aliphatic carbocycles. The van der Waals surface area contributed by atoms with Gasteiger partial charge in [0.25, 0.3) is 5.56 Å². The fourth-order valence-corrected chi connectivity index (χ4v) is 4.47. The molecule has 0 saturated carbocycles. The van der Waals surface area contributed by atoms with Crippen LogP contribution in [0.3, 0.4) is 0 Å². The van der Waals surface area contributed by atoms with Gasteiger partial charge in [-0.2, -0.15) is 13.2 Å². The summed E-state index contributed by atoms with van der Waals surface area (Å²) in [5.41, 5.74) is -0.970. The highest BCUT2D eigenvalue weighted by Gasteiger charge is 2.29. The Morgan fingerprint density at radius 2 is 1.91 bits per heavy atom. The number of esters is 1. The minimum Gasteiger partial charge on any atom is -0.463 e. The molecule has 3 rings (SSSR count). The van der Waals surface area contributed by atoms with Crippen LogP contribution in [0.4, 0.5) is 13.2 Å². The number of ether oxygens (including phenoxy) is 1. The van der Waals surface area contributed by atoms with Crippen molar-refractivity contribution in [2.45, 2.75) is 26.2 Å². The standard InChI is InChI=1S/C22H19F3N2O4S2/c1-2-31-20(29)11-19-27(13-18(28)26-12-16-4-3-9-32-16)21(30)17(33-19)10-14-5-7-15(8-6-14)22(23,24)25/h3-11H,2,12-13H2,1H3,(H,26,28)/b17-10-,19-11-. The van der Waals surface area contributed by atoms with Gasteiger partial charge in [-0.3, -0.25) is 14.2 Å². The number of nitrogens with zero attached hydrogens (tertiary/aromatic N) is 1. The molecule has 11 heteroatoms. The Hall–Kier alpha value is -3.18. The third-order valence-electron chi connectivity index (χ3n) is 4.34. The second kappa shape index (κ2) is 10.6. The SMILES string of the molecule is CCOC(=O)/C=c1\s/c(=C\c2ccc(C(F)(F)F)cc2)c(=O)n1CC(=O)NCc1cccs1. The molecule has 2 heterocycles. The first kappa shape index (κ1) is 24.5. The second-order valence-electron chi connectivity index (χ2n) is 6.71. The maximum Gasteiger partial charge on any atom is 0.416 e. The minimum absolute atomic E-state index is 0.136. The van der Waals surface area contributed by atoms with Crippen LogP contribution in [0.15, 0.2) is 46.6 Å². The number of hydrogen-bond acceptors (Lipinski definition) is 6. The normalized spacial score (nSPS) is 12.7. The van der Waals surface area contributed by atoms with Gasteiger partial charge in [-0.05, 0) is 42.1 Å². The van der Waals surface area contributed by atoms with E-state index in [4.69, 9.17) is 4.74 Å². The first-order chi connectivity index (χ1) is 15.7. The maximum absolute atomic E-state index is 12.9. The Balaban J connectivity index is 1.94. The molecule has 2 aromatic heterocycles. The number of carbonyl (C=O) groups excluding carboxylic acids is 2. The molecule has 6 nitrogen and oxygen atoms in total. The Kier molecular flexibility index (Phi) is 7.88. The second-order valence-corrected chi connectivity index (χ2v) is 8.81. The Bertz CT molecular complexity index is 1290. The van der Waals surface area contributed by atoms with E-state index in [1.165, 1.54) is 29.5 Å². The fourth-order valence-electron chi connectivity index (χ4n) is 2.80. The van der Waals surface area contributed by atoms with Gasteiger partial charge in [-0.25, -0.2) is 4.79 Å². The molecule has 0 aliphatic heterocycles. The summed E-state index contributed by atoms with van der Waals surface area (Å²) in [6.45, 7) is 1.75. The molecule has 0 aliphatic rings. The summed E-state index contributed by atoms with van der Waals surface area (Å²) in [4.78, 5) is 38.2. The number of thiazole rings is 1. The summed E-state index contributed by atoms with van der Waals surface area (Å²) >= 11 is 2.42. The molecule has 1 aromatic carbocycles. The Labute approximate surface area is 194 Å². The van der Waals surface area contributed by atoms with Crippen molar-refractivity contribution in [2.75, 3.05) is 6.61 Å². The van der Waals surface area contributed by atoms with Gasteiger partial charge in [-0.15, -0.1) is 22.7 Å². The molecule has 174 valence electrons. The average Bonchev–Trinajstić information content (AvgIpc) is 3.37. The van der Waals surface area contributed by atoms with Crippen LogP contribution < -0.4 is 20.1 Å². The van der Waals surface area contributed by atoms with E-state index in [9.17, 15) is 27.6 Å². The highest BCUT2D eigenvalue weighted by atomic mass is 32.1. The lowest BCUT2D eigenvalue weighted by Gasteiger charge is -2.05. The number of nitrogens with one attached hydrogen (secondary N) is 1. The van der Waals surface area contributed by atoms with Gasteiger partial charge in [0.2, 0.25) is 5.91 Å². The number of rotatable bonds is 7. The molecule has 0 radical (unpaired) electrons. The first-order valence-electron chi connectivity index (χ1n) is 9.73.